The molecular formula is C16H15FN2O5S. The van der Waals surface area contributed by atoms with Crippen LogP contribution >= 0.6 is 11.3 Å². The molecule has 0 aliphatic heterocycles. The molecule has 1 heterocycles. The number of rotatable bonds is 7. The number of carboxylic acid groups (broad SMARTS) is 2. The van der Waals surface area contributed by atoms with Gasteiger partial charge in [-0.1, -0.05) is 0 Å². The lowest BCUT2D eigenvalue weighted by atomic mass is 10.1. The highest BCUT2D eigenvalue weighted by Crippen LogP contribution is 2.28. The molecule has 1 unspecified atom stereocenters. The van der Waals surface area contributed by atoms with Gasteiger partial charge in [0.15, 0.2) is 0 Å². The Morgan fingerprint density at radius 2 is 1.88 bits per heavy atom. The van der Waals surface area contributed by atoms with Crippen molar-refractivity contribution in [2.45, 2.75) is 25.8 Å². The van der Waals surface area contributed by atoms with Crippen LogP contribution in [0.4, 0.5) is 4.39 Å². The smallest absolute Gasteiger partial charge is 0.326 e. The molecule has 132 valence electrons. The van der Waals surface area contributed by atoms with Crippen LogP contribution in [0.1, 0.15) is 28.2 Å². The van der Waals surface area contributed by atoms with Crippen LogP contribution in [0.15, 0.2) is 24.3 Å². The number of carboxylic acids is 2. The quantitative estimate of drug-likeness (QED) is 0.692. The van der Waals surface area contributed by atoms with Crippen molar-refractivity contribution in [1.82, 2.24) is 10.3 Å². The third kappa shape index (κ3) is 4.83. The van der Waals surface area contributed by atoms with Gasteiger partial charge in [-0.25, -0.2) is 14.2 Å². The van der Waals surface area contributed by atoms with Crippen LogP contribution in [-0.2, 0) is 9.59 Å². The summed E-state index contributed by atoms with van der Waals surface area (Å²) in [6.45, 7) is 1.60. The molecule has 1 aromatic carbocycles. The van der Waals surface area contributed by atoms with Gasteiger partial charge < -0.3 is 15.5 Å². The molecule has 0 saturated carbocycles. The highest BCUT2D eigenvalue weighted by atomic mass is 32.1. The fourth-order valence-corrected chi connectivity index (χ4v) is 3.05. The maximum Gasteiger partial charge on any atom is 0.326 e. The van der Waals surface area contributed by atoms with E-state index in [-0.39, 0.29) is 17.7 Å². The number of halogens is 1. The lowest BCUT2D eigenvalue weighted by Crippen LogP contribution is -2.41. The first kappa shape index (κ1) is 18.5. The maximum atomic E-state index is 13.0. The maximum absolute atomic E-state index is 13.0. The number of aryl methyl sites for hydroxylation is 1. The van der Waals surface area contributed by atoms with Gasteiger partial charge in [0.2, 0.25) is 0 Å². The van der Waals surface area contributed by atoms with Crippen molar-refractivity contribution in [1.29, 1.82) is 0 Å². The van der Waals surface area contributed by atoms with Gasteiger partial charge >= 0.3 is 11.9 Å². The lowest BCUT2D eigenvalue weighted by Gasteiger charge is -2.12. The van der Waals surface area contributed by atoms with Crippen LogP contribution in [0.2, 0.25) is 0 Å². The van der Waals surface area contributed by atoms with Crippen LogP contribution in [0.5, 0.6) is 0 Å². The molecule has 0 bridgehead atoms. The molecule has 1 aromatic heterocycles. The van der Waals surface area contributed by atoms with E-state index in [4.69, 9.17) is 10.2 Å². The predicted octanol–water partition coefficient (Wildman–Crippen LogP) is 2.31. The van der Waals surface area contributed by atoms with Crippen molar-refractivity contribution in [2.75, 3.05) is 0 Å². The summed E-state index contributed by atoms with van der Waals surface area (Å²) in [5.41, 5.74) is 1.04. The van der Waals surface area contributed by atoms with Gasteiger partial charge in [-0.15, -0.1) is 11.3 Å². The second-order valence-corrected chi connectivity index (χ2v) is 6.24. The van der Waals surface area contributed by atoms with E-state index in [1.54, 1.807) is 6.92 Å². The van der Waals surface area contributed by atoms with E-state index in [9.17, 15) is 18.8 Å². The van der Waals surface area contributed by atoms with Crippen LogP contribution < -0.4 is 5.32 Å². The summed E-state index contributed by atoms with van der Waals surface area (Å²) in [4.78, 5) is 38.5. The number of amides is 1. The van der Waals surface area contributed by atoms with E-state index >= 15 is 0 Å². The minimum Gasteiger partial charge on any atom is -0.481 e. The average Bonchev–Trinajstić information content (AvgIpc) is 2.93. The van der Waals surface area contributed by atoms with E-state index < -0.39 is 29.7 Å². The van der Waals surface area contributed by atoms with E-state index in [1.165, 1.54) is 24.3 Å². The fourth-order valence-electron chi connectivity index (χ4n) is 2.07. The molecule has 25 heavy (non-hydrogen) atoms. The first-order valence-corrected chi connectivity index (χ1v) is 8.08. The summed E-state index contributed by atoms with van der Waals surface area (Å²) >= 11 is 1.05. The SMILES string of the molecule is Cc1nc(-c2ccc(F)cc2)sc1C(=O)NC(CCC(=O)O)C(=O)O. The third-order valence-corrected chi connectivity index (χ3v) is 4.55. The Morgan fingerprint density at radius 1 is 1.24 bits per heavy atom. The molecule has 9 heteroatoms. The first-order chi connectivity index (χ1) is 11.8. The third-order valence-electron chi connectivity index (χ3n) is 3.34. The molecule has 7 nitrogen and oxygen atoms in total. The molecule has 1 atom stereocenters. The first-order valence-electron chi connectivity index (χ1n) is 7.26. The summed E-state index contributed by atoms with van der Waals surface area (Å²) in [5.74, 6) is -3.48. The molecule has 0 aliphatic rings. The van der Waals surface area contributed by atoms with Gasteiger partial charge in [0.05, 0.1) is 5.69 Å². The Kier molecular flexibility index (Phi) is 5.81. The van der Waals surface area contributed by atoms with E-state index in [0.29, 0.717) is 16.3 Å². The Hall–Kier alpha value is -2.81. The van der Waals surface area contributed by atoms with Gasteiger partial charge in [0.1, 0.15) is 21.7 Å². The van der Waals surface area contributed by atoms with Crippen molar-refractivity contribution in [3.8, 4) is 10.6 Å². The summed E-state index contributed by atoms with van der Waals surface area (Å²) in [6, 6.07) is 4.31. The van der Waals surface area contributed by atoms with Crippen molar-refractivity contribution in [3.63, 3.8) is 0 Å². The lowest BCUT2D eigenvalue weighted by molar-refractivity contribution is -0.140. The summed E-state index contributed by atoms with van der Waals surface area (Å²) in [6.07, 6.45) is -0.598. The van der Waals surface area contributed by atoms with Crippen LogP contribution in [0, 0.1) is 12.7 Å². The Labute approximate surface area is 146 Å². The normalized spacial score (nSPS) is 11.8. The molecule has 2 rings (SSSR count). The fraction of sp³-hybridized carbons (Fsp3) is 0.250. The average molecular weight is 366 g/mol. The molecule has 2 aromatic rings. The molecule has 1 amide bonds. The number of nitrogens with zero attached hydrogens (tertiary/aromatic N) is 1. The molecule has 0 fully saturated rings. The number of aromatic nitrogens is 1. The highest BCUT2D eigenvalue weighted by molar-refractivity contribution is 7.17. The van der Waals surface area contributed by atoms with Gasteiger partial charge in [-0.05, 0) is 37.6 Å². The van der Waals surface area contributed by atoms with Crippen LogP contribution in [-0.4, -0.2) is 39.1 Å². The number of aliphatic carboxylic acids is 2. The number of carbonyl (C=O) groups is 3. The number of thiazole rings is 1. The van der Waals surface area contributed by atoms with Crippen molar-refractivity contribution >= 4 is 29.2 Å². The Morgan fingerprint density at radius 3 is 2.44 bits per heavy atom. The van der Waals surface area contributed by atoms with Gasteiger partial charge in [0.25, 0.3) is 5.91 Å². The molecule has 0 radical (unpaired) electrons. The number of hydrogen-bond acceptors (Lipinski definition) is 5. The van der Waals surface area contributed by atoms with Crippen LogP contribution in [0.3, 0.4) is 0 Å². The highest BCUT2D eigenvalue weighted by Gasteiger charge is 2.24. The van der Waals surface area contributed by atoms with E-state index in [0.717, 1.165) is 11.3 Å². The summed E-state index contributed by atoms with van der Waals surface area (Å²) in [5, 5.41) is 20.6. The predicted molar refractivity (Wildman–Crippen MR) is 88.0 cm³/mol. The number of nitrogens with one attached hydrogen (secondary N) is 1. The summed E-state index contributed by atoms with van der Waals surface area (Å²) < 4.78 is 13.0. The molecule has 0 aliphatic carbocycles. The van der Waals surface area contributed by atoms with Crippen LogP contribution in [0.25, 0.3) is 10.6 Å². The van der Waals surface area contributed by atoms with Gasteiger partial charge in [-0.2, -0.15) is 0 Å². The van der Waals surface area contributed by atoms with Crippen molar-refractivity contribution in [2.24, 2.45) is 0 Å². The second kappa shape index (κ2) is 7.84. The minimum absolute atomic E-state index is 0.223. The minimum atomic E-state index is -1.31. The second-order valence-electron chi connectivity index (χ2n) is 5.24. The Bertz CT molecular complexity index is 803. The zero-order valence-corrected chi connectivity index (χ0v) is 14.0. The molecule has 3 N–H and O–H groups in total. The standard InChI is InChI=1S/C16H15FN2O5S/c1-8-13(14(22)19-11(16(23)24)6-7-12(20)21)25-15(18-8)9-2-4-10(17)5-3-9/h2-5,11H,6-7H2,1H3,(H,19,22)(H,20,21)(H,23,24). The largest absolute Gasteiger partial charge is 0.481 e. The van der Waals surface area contributed by atoms with E-state index in [2.05, 4.69) is 10.3 Å². The van der Waals surface area contributed by atoms with Crippen molar-refractivity contribution < 1.29 is 29.0 Å². The Balaban J connectivity index is 2.17. The van der Waals surface area contributed by atoms with E-state index in [1.807, 2.05) is 0 Å². The number of benzene rings is 1. The van der Waals surface area contributed by atoms with Gasteiger partial charge in [-0.3, -0.25) is 9.59 Å². The van der Waals surface area contributed by atoms with Gasteiger partial charge in [0, 0.05) is 12.0 Å². The topological polar surface area (TPSA) is 117 Å². The summed E-state index contributed by atoms with van der Waals surface area (Å²) in [7, 11) is 0. The zero-order valence-electron chi connectivity index (χ0n) is 13.2. The monoisotopic (exact) mass is 366 g/mol. The number of carbonyl (C=O) groups excluding carboxylic acids is 1. The molecule has 0 spiro atoms. The molecular weight excluding hydrogens is 351 g/mol. The molecule has 0 saturated heterocycles. The van der Waals surface area contributed by atoms with Crippen molar-refractivity contribution in [3.05, 3.63) is 40.7 Å². The zero-order chi connectivity index (χ0) is 18.6. The number of hydrogen-bond donors (Lipinski definition) is 3.